The molecule has 0 fully saturated rings. The number of rotatable bonds is 7. The Balaban J connectivity index is 5.46. The van der Waals surface area contributed by atoms with Crippen LogP contribution in [0.3, 0.4) is 0 Å². The Kier molecular flexibility index (Phi) is 6.07. The van der Waals surface area contributed by atoms with Crippen molar-refractivity contribution in [3.63, 3.8) is 0 Å². The molecular weight excluding hydrogens is 240 g/mol. The summed E-state index contributed by atoms with van der Waals surface area (Å²) in [6.07, 6.45) is 2.76. The average molecular weight is 272 g/mol. The van der Waals surface area contributed by atoms with Crippen LogP contribution in [0.15, 0.2) is 0 Å². The molecule has 19 heavy (non-hydrogen) atoms. The molecule has 0 aliphatic carbocycles. The maximum Gasteiger partial charge on any atom is 0.335 e. The Hall–Kier alpha value is -0.570. The second kappa shape index (κ2) is 6.25. The minimum absolute atomic E-state index is 0.114. The first-order valence-corrected chi connectivity index (χ1v) is 7.36. The van der Waals surface area contributed by atoms with Crippen LogP contribution in [-0.2, 0) is 4.79 Å². The molecule has 2 N–H and O–H groups in total. The summed E-state index contributed by atoms with van der Waals surface area (Å²) < 4.78 is 0. The Labute approximate surface area is 118 Å². The predicted octanol–water partition coefficient (Wildman–Crippen LogP) is 4.09. The first kappa shape index (κ1) is 18.4. The van der Waals surface area contributed by atoms with Crippen LogP contribution >= 0.6 is 0 Å². The highest BCUT2D eigenvalue weighted by Crippen LogP contribution is 2.46. The summed E-state index contributed by atoms with van der Waals surface area (Å²) in [5.74, 6) is -1.32. The monoisotopic (exact) mass is 272 g/mol. The zero-order chi connectivity index (χ0) is 15.5. The van der Waals surface area contributed by atoms with E-state index in [1.165, 1.54) is 0 Å². The Morgan fingerprint density at radius 1 is 1.11 bits per heavy atom. The topological polar surface area (TPSA) is 57.5 Å². The van der Waals surface area contributed by atoms with Gasteiger partial charge in [-0.15, -0.1) is 0 Å². The molecule has 0 bridgehead atoms. The number of hydrogen-bond donors (Lipinski definition) is 2. The van der Waals surface area contributed by atoms with Gasteiger partial charge in [-0.25, -0.2) is 4.79 Å². The van der Waals surface area contributed by atoms with Gasteiger partial charge in [0.05, 0.1) is 0 Å². The lowest BCUT2D eigenvalue weighted by Gasteiger charge is -2.45. The third kappa shape index (κ3) is 4.79. The molecule has 2 atom stereocenters. The Morgan fingerprint density at radius 3 is 1.84 bits per heavy atom. The second-order valence-electron chi connectivity index (χ2n) is 7.65. The summed E-state index contributed by atoms with van der Waals surface area (Å²) in [6, 6.07) is 0. The van der Waals surface area contributed by atoms with Crippen LogP contribution < -0.4 is 0 Å². The van der Waals surface area contributed by atoms with Gasteiger partial charge in [-0.1, -0.05) is 54.9 Å². The maximum absolute atomic E-state index is 11.5. The molecule has 0 aromatic heterocycles. The molecule has 0 saturated carbocycles. The van der Waals surface area contributed by atoms with Gasteiger partial charge in [-0.05, 0) is 30.1 Å². The van der Waals surface area contributed by atoms with E-state index in [0.29, 0.717) is 0 Å². The van der Waals surface area contributed by atoms with Crippen molar-refractivity contribution in [1.29, 1.82) is 0 Å². The Bertz CT molecular complexity index is 302. The van der Waals surface area contributed by atoms with Crippen molar-refractivity contribution in [3.05, 3.63) is 0 Å². The van der Waals surface area contributed by atoms with E-state index in [1.807, 2.05) is 6.92 Å². The molecule has 3 heteroatoms. The molecule has 0 saturated heterocycles. The van der Waals surface area contributed by atoms with Crippen LogP contribution in [0, 0.1) is 16.7 Å². The lowest BCUT2D eigenvalue weighted by molar-refractivity contribution is -0.174. The van der Waals surface area contributed by atoms with Gasteiger partial charge in [0, 0.05) is 5.92 Å². The van der Waals surface area contributed by atoms with E-state index in [4.69, 9.17) is 0 Å². The fourth-order valence-electron chi connectivity index (χ4n) is 3.60. The fraction of sp³-hybridized carbons (Fsp3) is 0.938. The predicted molar refractivity (Wildman–Crippen MR) is 79.1 cm³/mol. The molecule has 0 radical (unpaired) electrons. The zero-order valence-corrected chi connectivity index (χ0v) is 13.7. The molecule has 2 unspecified atom stereocenters. The number of carboxylic acid groups (broad SMARTS) is 1. The summed E-state index contributed by atoms with van der Waals surface area (Å²) in [6.45, 7) is 14.4. The summed E-state index contributed by atoms with van der Waals surface area (Å²) in [5, 5.41) is 20.1. The van der Waals surface area contributed by atoms with Crippen molar-refractivity contribution in [2.24, 2.45) is 16.7 Å². The lowest BCUT2D eigenvalue weighted by atomic mass is 9.61. The first-order chi connectivity index (χ1) is 8.40. The van der Waals surface area contributed by atoms with Gasteiger partial charge in [0.15, 0.2) is 5.60 Å². The van der Waals surface area contributed by atoms with Gasteiger partial charge in [-0.3, -0.25) is 0 Å². The van der Waals surface area contributed by atoms with Crippen molar-refractivity contribution in [2.45, 2.75) is 79.8 Å². The SMILES string of the molecule is CCCC(C(C)(C)CC(C)(C)C)C(O)(CC)C(=O)O. The summed E-state index contributed by atoms with van der Waals surface area (Å²) in [4.78, 5) is 11.5. The lowest BCUT2D eigenvalue weighted by Crippen LogP contribution is -2.51. The quantitative estimate of drug-likeness (QED) is 0.734. The standard InChI is InChI=1S/C16H32O3/c1-8-10-12(16(19,9-2)13(17)18)15(6,7)11-14(3,4)5/h12,19H,8-11H2,1-7H3,(H,17,18). The van der Waals surface area contributed by atoms with Crippen molar-refractivity contribution >= 4 is 5.97 Å². The van der Waals surface area contributed by atoms with Gasteiger partial charge < -0.3 is 10.2 Å². The molecule has 0 spiro atoms. The van der Waals surface area contributed by atoms with Gasteiger partial charge in [0.1, 0.15) is 0 Å². The highest BCUT2D eigenvalue weighted by atomic mass is 16.4. The molecular formula is C16H32O3. The molecule has 0 aliphatic heterocycles. The van der Waals surface area contributed by atoms with Crippen LogP contribution in [0.5, 0.6) is 0 Å². The second-order valence-corrected chi connectivity index (χ2v) is 7.65. The first-order valence-electron chi connectivity index (χ1n) is 7.36. The number of carboxylic acids is 1. The summed E-state index contributed by atoms with van der Waals surface area (Å²) in [5.41, 5.74) is -1.72. The van der Waals surface area contributed by atoms with Gasteiger partial charge in [0.25, 0.3) is 0 Å². The highest BCUT2D eigenvalue weighted by molar-refractivity contribution is 5.77. The van der Waals surface area contributed by atoms with E-state index < -0.39 is 11.6 Å². The van der Waals surface area contributed by atoms with Crippen LogP contribution in [0.4, 0.5) is 0 Å². The van der Waals surface area contributed by atoms with E-state index in [2.05, 4.69) is 34.6 Å². The number of carbonyl (C=O) groups is 1. The van der Waals surface area contributed by atoms with E-state index in [0.717, 1.165) is 19.3 Å². The molecule has 0 aromatic rings. The van der Waals surface area contributed by atoms with Crippen LogP contribution in [0.2, 0.25) is 0 Å². The normalized spacial score (nSPS) is 17.9. The third-order valence-corrected chi connectivity index (χ3v) is 3.99. The van der Waals surface area contributed by atoms with Gasteiger partial charge in [0.2, 0.25) is 0 Å². The smallest absolute Gasteiger partial charge is 0.335 e. The van der Waals surface area contributed by atoms with Crippen molar-refractivity contribution in [2.75, 3.05) is 0 Å². The minimum Gasteiger partial charge on any atom is -0.479 e. The summed E-state index contributed by atoms with van der Waals surface area (Å²) in [7, 11) is 0. The Morgan fingerprint density at radius 2 is 1.58 bits per heavy atom. The molecule has 0 aliphatic rings. The van der Waals surface area contributed by atoms with E-state index in [-0.39, 0.29) is 23.2 Å². The minimum atomic E-state index is -1.62. The van der Waals surface area contributed by atoms with E-state index in [1.54, 1.807) is 6.92 Å². The maximum atomic E-state index is 11.5. The zero-order valence-electron chi connectivity index (χ0n) is 13.7. The number of hydrogen-bond acceptors (Lipinski definition) is 2. The molecule has 114 valence electrons. The highest BCUT2D eigenvalue weighted by Gasteiger charge is 2.49. The number of aliphatic hydroxyl groups is 1. The summed E-state index contributed by atoms with van der Waals surface area (Å²) >= 11 is 0. The average Bonchev–Trinajstić information content (AvgIpc) is 2.20. The van der Waals surface area contributed by atoms with Crippen molar-refractivity contribution < 1.29 is 15.0 Å². The molecule has 0 rings (SSSR count). The van der Waals surface area contributed by atoms with Gasteiger partial charge in [-0.2, -0.15) is 0 Å². The van der Waals surface area contributed by atoms with Crippen molar-refractivity contribution in [3.8, 4) is 0 Å². The molecule has 0 amide bonds. The van der Waals surface area contributed by atoms with Gasteiger partial charge >= 0.3 is 5.97 Å². The van der Waals surface area contributed by atoms with E-state index >= 15 is 0 Å². The molecule has 0 heterocycles. The fourth-order valence-corrected chi connectivity index (χ4v) is 3.60. The molecule has 0 aromatic carbocycles. The third-order valence-electron chi connectivity index (χ3n) is 3.99. The van der Waals surface area contributed by atoms with Crippen LogP contribution in [-0.4, -0.2) is 21.8 Å². The van der Waals surface area contributed by atoms with Crippen LogP contribution in [0.1, 0.15) is 74.1 Å². The molecule has 3 nitrogen and oxygen atoms in total. The van der Waals surface area contributed by atoms with E-state index in [9.17, 15) is 15.0 Å². The van der Waals surface area contributed by atoms with Crippen molar-refractivity contribution in [1.82, 2.24) is 0 Å². The number of aliphatic carboxylic acids is 1. The largest absolute Gasteiger partial charge is 0.479 e. The van der Waals surface area contributed by atoms with Crippen LogP contribution in [0.25, 0.3) is 0 Å².